The second-order valence-electron chi connectivity index (χ2n) is 8.95. The molecule has 0 amide bonds. The standard InChI is InChI=1S/C17H34O2.C8H20NO4/c1-4-5-6-7-8-9-10-11-12-13-14-15-17(18)19-16(2)3;10-5-1-9(2-6-11,3-7-12)4-8-13/h16H,4-15H2,1-3H3;10-13H,1-8H2/q;+1. The zero-order chi connectivity index (χ0) is 24.5. The van der Waals surface area contributed by atoms with Crippen molar-refractivity contribution in [3.63, 3.8) is 0 Å². The average Bonchev–Trinajstić information content (AvgIpc) is 2.73. The van der Waals surface area contributed by atoms with E-state index in [2.05, 4.69) is 6.92 Å². The molecule has 0 aliphatic rings. The monoisotopic (exact) mass is 464 g/mol. The lowest BCUT2D eigenvalue weighted by atomic mass is 10.1. The molecular formula is C25H54NO6+. The molecule has 0 spiro atoms. The van der Waals surface area contributed by atoms with Gasteiger partial charge in [0, 0.05) is 6.42 Å². The first kappa shape index (κ1) is 33.4. The van der Waals surface area contributed by atoms with Crippen molar-refractivity contribution in [2.75, 3.05) is 52.6 Å². The lowest BCUT2D eigenvalue weighted by Gasteiger charge is -2.36. The number of quaternary nitrogens is 1. The van der Waals surface area contributed by atoms with Gasteiger partial charge < -0.3 is 29.6 Å². The van der Waals surface area contributed by atoms with E-state index >= 15 is 0 Å². The lowest BCUT2D eigenvalue weighted by Crippen LogP contribution is -2.54. The van der Waals surface area contributed by atoms with E-state index in [0.29, 0.717) is 37.1 Å². The van der Waals surface area contributed by atoms with Gasteiger partial charge in [0.2, 0.25) is 0 Å². The van der Waals surface area contributed by atoms with E-state index in [1.807, 2.05) is 13.8 Å². The predicted octanol–water partition coefficient (Wildman–Crippen LogP) is 3.41. The van der Waals surface area contributed by atoms with Crippen LogP contribution < -0.4 is 0 Å². The molecule has 4 N–H and O–H groups in total. The zero-order valence-corrected chi connectivity index (χ0v) is 21.3. The number of hydrogen-bond donors (Lipinski definition) is 4. The Morgan fingerprint density at radius 1 is 0.656 bits per heavy atom. The number of rotatable bonds is 21. The van der Waals surface area contributed by atoms with Crippen LogP contribution in [-0.4, -0.2) is 89.6 Å². The molecule has 0 bridgehead atoms. The highest BCUT2D eigenvalue weighted by molar-refractivity contribution is 5.69. The van der Waals surface area contributed by atoms with Gasteiger partial charge in [0.1, 0.15) is 26.2 Å². The number of unbranched alkanes of at least 4 members (excludes halogenated alkanes) is 10. The smallest absolute Gasteiger partial charge is 0.306 e. The van der Waals surface area contributed by atoms with Gasteiger partial charge >= 0.3 is 5.97 Å². The maximum Gasteiger partial charge on any atom is 0.306 e. The Balaban J connectivity index is 0. The minimum Gasteiger partial charge on any atom is -0.463 e. The summed E-state index contributed by atoms with van der Waals surface area (Å²) in [5.74, 6) is -0.0362. The SMILES string of the molecule is CCCCCCCCCCCCCC(=O)OC(C)C.OCC[N+](CCO)(CCO)CCO. The number of esters is 1. The van der Waals surface area contributed by atoms with E-state index in [9.17, 15) is 4.79 Å². The van der Waals surface area contributed by atoms with Gasteiger partial charge in [-0.05, 0) is 20.3 Å². The van der Waals surface area contributed by atoms with E-state index in [1.54, 1.807) is 0 Å². The van der Waals surface area contributed by atoms with Gasteiger partial charge in [0.15, 0.2) is 0 Å². The third kappa shape index (κ3) is 22.5. The third-order valence-corrected chi connectivity index (χ3v) is 5.65. The molecule has 0 aromatic heterocycles. The van der Waals surface area contributed by atoms with Crippen molar-refractivity contribution in [1.29, 1.82) is 0 Å². The number of ether oxygens (including phenoxy) is 1. The van der Waals surface area contributed by atoms with Gasteiger partial charge in [0.05, 0.1) is 32.5 Å². The van der Waals surface area contributed by atoms with Crippen LogP contribution in [0.5, 0.6) is 0 Å². The average molecular weight is 465 g/mol. The second-order valence-corrected chi connectivity index (χ2v) is 8.95. The number of carbonyl (C=O) groups is 1. The number of nitrogens with zero attached hydrogens (tertiary/aromatic N) is 1. The van der Waals surface area contributed by atoms with Crippen molar-refractivity contribution in [1.82, 2.24) is 0 Å². The number of carbonyl (C=O) groups excluding carboxylic acids is 1. The molecule has 0 aliphatic heterocycles. The van der Waals surface area contributed by atoms with Gasteiger partial charge in [-0.15, -0.1) is 0 Å². The van der Waals surface area contributed by atoms with Crippen molar-refractivity contribution in [2.24, 2.45) is 0 Å². The predicted molar refractivity (Wildman–Crippen MR) is 130 cm³/mol. The summed E-state index contributed by atoms with van der Waals surface area (Å²) in [7, 11) is 0. The molecule has 0 heterocycles. The van der Waals surface area contributed by atoms with Crippen molar-refractivity contribution in [3.05, 3.63) is 0 Å². The van der Waals surface area contributed by atoms with Gasteiger partial charge in [-0.25, -0.2) is 0 Å². The highest BCUT2D eigenvalue weighted by atomic mass is 16.5. The van der Waals surface area contributed by atoms with Gasteiger partial charge in [-0.1, -0.05) is 71.1 Å². The first-order chi connectivity index (χ1) is 15.4. The fourth-order valence-electron chi connectivity index (χ4n) is 3.77. The van der Waals surface area contributed by atoms with Crippen molar-refractivity contribution < 1.29 is 34.4 Å². The van der Waals surface area contributed by atoms with Crippen LogP contribution in [0.1, 0.15) is 97.8 Å². The molecular weight excluding hydrogens is 410 g/mol. The minimum atomic E-state index is -0.0362. The fraction of sp³-hybridized carbons (Fsp3) is 0.960. The van der Waals surface area contributed by atoms with Crippen LogP contribution in [0.4, 0.5) is 0 Å². The topological polar surface area (TPSA) is 107 Å². The number of aliphatic hydroxyl groups is 4. The summed E-state index contributed by atoms with van der Waals surface area (Å²) in [6, 6.07) is 0. The number of hydrogen-bond acceptors (Lipinski definition) is 6. The van der Waals surface area contributed by atoms with Gasteiger partial charge in [-0.3, -0.25) is 4.79 Å². The molecule has 7 nitrogen and oxygen atoms in total. The summed E-state index contributed by atoms with van der Waals surface area (Å²) in [5.41, 5.74) is 0. The highest BCUT2D eigenvalue weighted by Crippen LogP contribution is 2.12. The Morgan fingerprint density at radius 2 is 1.00 bits per heavy atom. The molecule has 0 atom stereocenters. The maximum atomic E-state index is 11.3. The van der Waals surface area contributed by atoms with Crippen LogP contribution >= 0.6 is 0 Å². The zero-order valence-electron chi connectivity index (χ0n) is 21.3. The highest BCUT2D eigenvalue weighted by Gasteiger charge is 2.24. The third-order valence-electron chi connectivity index (χ3n) is 5.65. The van der Waals surface area contributed by atoms with Crippen molar-refractivity contribution >= 4 is 5.97 Å². The Kier molecular flexibility index (Phi) is 26.0. The van der Waals surface area contributed by atoms with E-state index in [4.69, 9.17) is 25.2 Å². The summed E-state index contributed by atoms with van der Waals surface area (Å²) >= 11 is 0. The van der Waals surface area contributed by atoms with Crippen LogP contribution in [0.3, 0.4) is 0 Å². The molecule has 0 radical (unpaired) electrons. The van der Waals surface area contributed by atoms with Gasteiger partial charge in [-0.2, -0.15) is 0 Å². The summed E-state index contributed by atoms with van der Waals surface area (Å²) in [4.78, 5) is 11.3. The molecule has 0 saturated heterocycles. The molecule has 0 aromatic rings. The van der Waals surface area contributed by atoms with E-state index < -0.39 is 0 Å². The molecule has 0 rings (SSSR count). The quantitative estimate of drug-likeness (QED) is 0.118. The summed E-state index contributed by atoms with van der Waals surface area (Å²) in [5, 5.41) is 35.3. The lowest BCUT2D eigenvalue weighted by molar-refractivity contribution is -0.929. The molecule has 7 heteroatoms. The van der Waals surface area contributed by atoms with Crippen molar-refractivity contribution in [2.45, 2.75) is 104 Å². The van der Waals surface area contributed by atoms with E-state index in [0.717, 1.165) is 6.42 Å². The maximum absolute atomic E-state index is 11.3. The number of aliphatic hydroxyl groups excluding tert-OH is 4. The Labute approximate surface area is 197 Å². The van der Waals surface area contributed by atoms with Crippen LogP contribution in [0.15, 0.2) is 0 Å². The molecule has 0 saturated carbocycles. The first-order valence-corrected chi connectivity index (χ1v) is 12.9. The van der Waals surface area contributed by atoms with Crippen LogP contribution in [0.25, 0.3) is 0 Å². The van der Waals surface area contributed by atoms with E-state index in [1.165, 1.54) is 64.2 Å². The Bertz CT molecular complexity index is 363. The largest absolute Gasteiger partial charge is 0.463 e. The fourth-order valence-corrected chi connectivity index (χ4v) is 3.77. The summed E-state index contributed by atoms with van der Waals surface area (Å²) < 4.78 is 5.48. The van der Waals surface area contributed by atoms with Crippen molar-refractivity contribution in [3.8, 4) is 0 Å². The van der Waals surface area contributed by atoms with Crippen LogP contribution in [0.2, 0.25) is 0 Å². The summed E-state index contributed by atoms with van der Waals surface area (Å²) in [6.45, 7) is 7.90. The van der Waals surface area contributed by atoms with Crippen LogP contribution in [-0.2, 0) is 9.53 Å². The molecule has 194 valence electrons. The second kappa shape index (κ2) is 24.9. The summed E-state index contributed by atoms with van der Waals surface area (Å²) in [6.07, 6.45) is 15.1. The Hall–Kier alpha value is -0.730. The normalized spacial score (nSPS) is 11.4. The van der Waals surface area contributed by atoms with Crippen LogP contribution in [0, 0.1) is 0 Å². The molecule has 32 heavy (non-hydrogen) atoms. The van der Waals surface area contributed by atoms with Gasteiger partial charge in [0.25, 0.3) is 0 Å². The molecule has 0 aromatic carbocycles. The molecule has 0 aliphatic carbocycles. The minimum absolute atomic E-state index is 0. The molecule has 0 fully saturated rings. The van der Waals surface area contributed by atoms with E-state index in [-0.39, 0.29) is 38.5 Å². The first-order valence-electron chi connectivity index (χ1n) is 12.9. The molecule has 0 unspecified atom stereocenters. The Morgan fingerprint density at radius 3 is 1.31 bits per heavy atom.